The molecule has 26 heavy (non-hydrogen) atoms. The third-order valence-electron chi connectivity index (χ3n) is 4.99. The normalized spacial score (nSPS) is 17.3. The van der Waals surface area contributed by atoms with Crippen LogP contribution in [0.1, 0.15) is 6.92 Å². The van der Waals surface area contributed by atoms with E-state index in [1.165, 1.54) is 0 Å². The van der Waals surface area contributed by atoms with Gasteiger partial charge in [0.15, 0.2) is 5.43 Å². The summed E-state index contributed by atoms with van der Waals surface area (Å²) >= 11 is 0. The first-order valence-electron chi connectivity index (χ1n) is 8.67. The van der Waals surface area contributed by atoms with Gasteiger partial charge in [0.1, 0.15) is 6.54 Å². The average molecular weight is 372 g/mol. The highest BCUT2D eigenvalue weighted by Gasteiger charge is 2.24. The molecule has 0 bridgehead atoms. The summed E-state index contributed by atoms with van der Waals surface area (Å²) in [6.45, 7) is 4.66. The van der Waals surface area contributed by atoms with Gasteiger partial charge in [0.25, 0.3) is 0 Å². The zero-order valence-electron chi connectivity index (χ0n) is 14.6. The Bertz CT molecular complexity index is 955. The van der Waals surface area contributed by atoms with Crippen molar-refractivity contribution in [1.29, 1.82) is 0 Å². The number of carbonyl (C=O) groups is 1. The number of halogens is 1. The minimum Gasteiger partial charge on any atom is -0.336 e. The van der Waals surface area contributed by atoms with Gasteiger partial charge in [0, 0.05) is 36.4 Å². The molecule has 4 rings (SSSR count). The van der Waals surface area contributed by atoms with Gasteiger partial charge in [-0.2, -0.15) is 0 Å². The van der Waals surface area contributed by atoms with Crippen LogP contribution in [0.3, 0.4) is 0 Å². The van der Waals surface area contributed by atoms with Crippen molar-refractivity contribution in [3.05, 3.63) is 58.8 Å². The maximum Gasteiger partial charge on any atom is 0.242 e. The first kappa shape index (κ1) is 18.4. The van der Waals surface area contributed by atoms with E-state index in [-0.39, 0.29) is 36.3 Å². The highest BCUT2D eigenvalue weighted by Crippen LogP contribution is 2.19. The Balaban J connectivity index is 0.00000196. The lowest BCUT2D eigenvalue weighted by Crippen LogP contribution is -2.53. The average Bonchev–Trinajstić information content (AvgIpc) is 2.65. The third-order valence-corrected chi connectivity index (χ3v) is 4.99. The fourth-order valence-electron chi connectivity index (χ4n) is 3.68. The van der Waals surface area contributed by atoms with E-state index in [1.54, 1.807) is 0 Å². The number of benzene rings is 2. The second-order valence-corrected chi connectivity index (χ2v) is 6.59. The lowest BCUT2D eigenvalue weighted by Gasteiger charge is -2.34. The van der Waals surface area contributed by atoms with Gasteiger partial charge in [-0.05, 0) is 31.2 Å². The minimum absolute atomic E-state index is 0. The van der Waals surface area contributed by atoms with Crippen molar-refractivity contribution in [2.75, 3.05) is 19.6 Å². The summed E-state index contributed by atoms with van der Waals surface area (Å²) in [6, 6.07) is 15.2. The number of hydrogen-bond donors (Lipinski definition) is 1. The molecule has 1 aromatic heterocycles. The predicted molar refractivity (Wildman–Crippen MR) is 107 cm³/mol. The van der Waals surface area contributed by atoms with Crippen molar-refractivity contribution in [3.8, 4) is 0 Å². The molecule has 0 radical (unpaired) electrons. The van der Waals surface area contributed by atoms with Crippen molar-refractivity contribution in [2.45, 2.75) is 19.5 Å². The van der Waals surface area contributed by atoms with E-state index < -0.39 is 0 Å². The van der Waals surface area contributed by atoms with Gasteiger partial charge in [0.2, 0.25) is 5.91 Å². The molecule has 5 nitrogen and oxygen atoms in total. The van der Waals surface area contributed by atoms with Gasteiger partial charge in [-0.1, -0.05) is 24.3 Å². The summed E-state index contributed by atoms with van der Waals surface area (Å²) in [5.74, 6) is 0.0907. The Labute approximate surface area is 158 Å². The molecule has 1 amide bonds. The molecule has 1 saturated heterocycles. The van der Waals surface area contributed by atoms with E-state index in [9.17, 15) is 9.59 Å². The molecule has 2 heterocycles. The SMILES string of the molecule is C[C@H]1CNCCN1C(=O)Cn1c2ccccc2c(=O)c2ccccc21.Cl. The molecular weight excluding hydrogens is 350 g/mol. The van der Waals surface area contributed by atoms with Crippen LogP contribution in [-0.4, -0.2) is 41.1 Å². The molecule has 1 N–H and O–H groups in total. The highest BCUT2D eigenvalue weighted by molar-refractivity contribution is 5.94. The molecular formula is C20H22ClN3O2. The lowest BCUT2D eigenvalue weighted by molar-refractivity contribution is -0.134. The Morgan fingerprint density at radius 3 is 2.23 bits per heavy atom. The number of piperazine rings is 1. The summed E-state index contributed by atoms with van der Waals surface area (Å²) < 4.78 is 1.98. The zero-order chi connectivity index (χ0) is 17.4. The summed E-state index contributed by atoms with van der Waals surface area (Å²) in [4.78, 5) is 27.6. The number of carbonyl (C=O) groups excluding carboxylic acids is 1. The minimum atomic E-state index is 0. The van der Waals surface area contributed by atoms with E-state index in [4.69, 9.17) is 0 Å². The van der Waals surface area contributed by atoms with E-state index in [0.29, 0.717) is 10.8 Å². The van der Waals surface area contributed by atoms with Crippen LogP contribution in [-0.2, 0) is 11.3 Å². The van der Waals surface area contributed by atoms with Gasteiger partial charge in [0.05, 0.1) is 11.0 Å². The van der Waals surface area contributed by atoms with Crippen LogP contribution in [0.25, 0.3) is 21.8 Å². The predicted octanol–water partition coefficient (Wildman–Crippen LogP) is 2.40. The maximum absolute atomic E-state index is 12.9. The molecule has 136 valence electrons. The first-order valence-corrected chi connectivity index (χ1v) is 8.67. The second kappa shape index (κ2) is 7.48. The van der Waals surface area contributed by atoms with E-state index >= 15 is 0 Å². The van der Waals surface area contributed by atoms with Crippen LogP contribution in [0.4, 0.5) is 0 Å². The van der Waals surface area contributed by atoms with Crippen molar-refractivity contribution in [1.82, 2.24) is 14.8 Å². The quantitative estimate of drug-likeness (QED) is 0.704. The number of para-hydroxylation sites is 2. The Morgan fingerprint density at radius 1 is 1.08 bits per heavy atom. The zero-order valence-corrected chi connectivity index (χ0v) is 15.5. The third kappa shape index (κ3) is 3.08. The number of amides is 1. The largest absolute Gasteiger partial charge is 0.336 e. The lowest BCUT2D eigenvalue weighted by atomic mass is 10.1. The molecule has 6 heteroatoms. The highest BCUT2D eigenvalue weighted by atomic mass is 35.5. The van der Waals surface area contributed by atoms with E-state index in [0.717, 1.165) is 30.7 Å². The van der Waals surface area contributed by atoms with Crippen LogP contribution in [0.5, 0.6) is 0 Å². The molecule has 1 aliphatic rings. The number of rotatable bonds is 2. The van der Waals surface area contributed by atoms with Crippen LogP contribution in [0.2, 0.25) is 0 Å². The Morgan fingerprint density at radius 2 is 1.65 bits per heavy atom. The van der Waals surface area contributed by atoms with Gasteiger partial charge >= 0.3 is 0 Å². The molecule has 0 saturated carbocycles. The fourth-order valence-corrected chi connectivity index (χ4v) is 3.68. The van der Waals surface area contributed by atoms with Crippen molar-refractivity contribution in [2.24, 2.45) is 0 Å². The van der Waals surface area contributed by atoms with Crippen molar-refractivity contribution < 1.29 is 4.79 Å². The van der Waals surface area contributed by atoms with Gasteiger partial charge in [-0.15, -0.1) is 12.4 Å². The fraction of sp³-hybridized carbons (Fsp3) is 0.300. The molecule has 1 fully saturated rings. The number of fused-ring (bicyclic) bond motifs is 2. The smallest absolute Gasteiger partial charge is 0.242 e. The Kier molecular flexibility index (Phi) is 5.30. The van der Waals surface area contributed by atoms with Crippen LogP contribution in [0.15, 0.2) is 53.3 Å². The molecule has 0 aliphatic carbocycles. The molecule has 0 unspecified atom stereocenters. The van der Waals surface area contributed by atoms with Crippen molar-refractivity contribution >= 4 is 40.1 Å². The van der Waals surface area contributed by atoms with E-state index in [1.807, 2.05) is 58.0 Å². The van der Waals surface area contributed by atoms with Crippen LogP contribution >= 0.6 is 12.4 Å². The maximum atomic E-state index is 12.9. The molecule has 2 aromatic carbocycles. The number of hydrogen-bond acceptors (Lipinski definition) is 3. The van der Waals surface area contributed by atoms with Crippen molar-refractivity contribution in [3.63, 3.8) is 0 Å². The monoisotopic (exact) mass is 371 g/mol. The molecule has 0 spiro atoms. The summed E-state index contributed by atoms with van der Waals surface area (Å²) in [5.41, 5.74) is 1.63. The summed E-state index contributed by atoms with van der Waals surface area (Å²) in [7, 11) is 0. The standard InChI is InChI=1S/C20H21N3O2.ClH/c1-14-12-21-10-11-22(14)19(24)13-23-17-8-4-2-6-15(17)20(25)16-7-3-5-9-18(16)23;/h2-9,14,21H,10-13H2,1H3;1H/t14-;/m0./s1. The molecule has 1 aliphatic heterocycles. The van der Waals surface area contributed by atoms with Gasteiger partial charge < -0.3 is 14.8 Å². The summed E-state index contributed by atoms with van der Waals surface area (Å²) in [5, 5.41) is 4.62. The molecule has 1 atom stereocenters. The number of aromatic nitrogens is 1. The number of nitrogens with one attached hydrogen (secondary N) is 1. The first-order chi connectivity index (χ1) is 12.2. The van der Waals surface area contributed by atoms with Crippen LogP contribution in [0, 0.1) is 0 Å². The van der Waals surface area contributed by atoms with Crippen LogP contribution < -0.4 is 10.7 Å². The van der Waals surface area contributed by atoms with Gasteiger partial charge in [-0.3, -0.25) is 9.59 Å². The second-order valence-electron chi connectivity index (χ2n) is 6.59. The van der Waals surface area contributed by atoms with Gasteiger partial charge in [-0.25, -0.2) is 0 Å². The summed E-state index contributed by atoms with van der Waals surface area (Å²) in [6.07, 6.45) is 0. The molecule has 3 aromatic rings. The van der Waals surface area contributed by atoms with E-state index in [2.05, 4.69) is 12.2 Å². The topological polar surface area (TPSA) is 54.3 Å². The Hall–Kier alpha value is -2.37. The number of nitrogens with zero attached hydrogens (tertiary/aromatic N) is 2. The number of pyridine rings is 1.